The first-order valence-electron chi connectivity index (χ1n) is 8.28. The predicted octanol–water partition coefficient (Wildman–Crippen LogP) is -0.155. The van der Waals surface area contributed by atoms with Gasteiger partial charge >= 0.3 is 17.9 Å². The van der Waals surface area contributed by atoms with Gasteiger partial charge in [0.15, 0.2) is 18.5 Å². The normalized spacial score (nSPS) is 27.2. The lowest BCUT2D eigenvalue weighted by atomic mass is 9.96. The Labute approximate surface area is 157 Å². The highest BCUT2D eigenvalue weighted by Crippen LogP contribution is 2.27. The minimum atomic E-state index is -1.13. The van der Waals surface area contributed by atoms with Crippen molar-refractivity contribution in [3.05, 3.63) is 12.7 Å². The van der Waals surface area contributed by atoms with Crippen LogP contribution in [0.2, 0.25) is 0 Å². The molecule has 0 spiro atoms. The van der Waals surface area contributed by atoms with E-state index in [0.717, 1.165) is 0 Å². The maximum atomic E-state index is 11.6. The maximum Gasteiger partial charge on any atom is 0.303 e. The number of ether oxygens (including phenoxy) is 5. The lowest BCUT2D eigenvalue weighted by molar-refractivity contribution is -0.275. The summed E-state index contributed by atoms with van der Waals surface area (Å²) in [6.07, 6.45) is -2.84. The van der Waals surface area contributed by atoms with E-state index in [1.165, 1.54) is 33.8 Å². The van der Waals surface area contributed by atoms with Gasteiger partial charge in [0, 0.05) is 27.7 Å². The summed E-state index contributed by atoms with van der Waals surface area (Å²) < 4.78 is 26.8. The van der Waals surface area contributed by atoms with Crippen LogP contribution in [-0.2, 0) is 42.9 Å². The van der Waals surface area contributed by atoms with E-state index in [4.69, 9.17) is 23.7 Å². The number of esters is 3. The third-order valence-electron chi connectivity index (χ3n) is 3.45. The summed E-state index contributed by atoms with van der Waals surface area (Å²) in [5.41, 5.74) is 0. The molecule has 1 saturated heterocycles. The van der Waals surface area contributed by atoms with E-state index in [2.05, 4.69) is 11.9 Å². The van der Waals surface area contributed by atoms with Gasteiger partial charge in [0.05, 0.1) is 6.61 Å². The Hall–Kier alpha value is -2.46. The minimum Gasteiger partial charge on any atom is -0.463 e. The molecule has 152 valence electrons. The highest BCUT2D eigenvalue weighted by molar-refractivity contribution is 5.73. The van der Waals surface area contributed by atoms with Crippen LogP contribution >= 0.6 is 0 Å². The monoisotopic (exact) mass is 387 g/mol. The molecule has 1 aliphatic heterocycles. The third kappa shape index (κ3) is 7.35. The standard InChI is InChI=1S/C17H25NO9/c1-6-7-23-17-14(18-9(2)19)16(26-12(5)22)15(25-11(4)21)13(27-17)8-24-10(3)20/h6,13-17H,1,7-8H2,2-5H3,(H,18,19)/t13?,14-,15+,16?,17+/m0/s1. The topological polar surface area (TPSA) is 126 Å². The second-order valence-electron chi connectivity index (χ2n) is 5.84. The lowest BCUT2D eigenvalue weighted by Crippen LogP contribution is -2.66. The fraction of sp³-hybridized carbons (Fsp3) is 0.647. The van der Waals surface area contributed by atoms with Crippen LogP contribution in [0, 0.1) is 0 Å². The first kappa shape index (κ1) is 22.6. The van der Waals surface area contributed by atoms with Gasteiger partial charge in [-0.05, 0) is 0 Å². The van der Waals surface area contributed by atoms with E-state index in [0.29, 0.717) is 0 Å². The van der Waals surface area contributed by atoms with Crippen LogP contribution in [0.1, 0.15) is 27.7 Å². The summed E-state index contributed by atoms with van der Waals surface area (Å²) in [4.78, 5) is 46.0. The number of hydrogen-bond donors (Lipinski definition) is 1. The van der Waals surface area contributed by atoms with Crippen LogP contribution in [0.15, 0.2) is 12.7 Å². The van der Waals surface area contributed by atoms with Gasteiger partial charge in [-0.1, -0.05) is 6.08 Å². The summed E-state index contributed by atoms with van der Waals surface area (Å²) in [7, 11) is 0. The molecule has 2 unspecified atom stereocenters. The molecule has 5 atom stereocenters. The number of carbonyl (C=O) groups is 4. The fourth-order valence-corrected chi connectivity index (χ4v) is 2.60. The summed E-state index contributed by atoms with van der Waals surface area (Å²) in [5, 5.41) is 2.59. The molecule has 10 heteroatoms. The van der Waals surface area contributed by atoms with Crippen LogP contribution in [0.25, 0.3) is 0 Å². The minimum absolute atomic E-state index is 0.0755. The first-order chi connectivity index (χ1) is 12.6. The van der Waals surface area contributed by atoms with Gasteiger partial charge in [-0.25, -0.2) is 0 Å². The average molecular weight is 387 g/mol. The number of amides is 1. The number of carbonyl (C=O) groups excluding carboxylic acids is 4. The molecule has 0 aromatic rings. The van der Waals surface area contributed by atoms with E-state index in [-0.39, 0.29) is 13.2 Å². The van der Waals surface area contributed by atoms with Gasteiger partial charge in [0.2, 0.25) is 5.91 Å². The van der Waals surface area contributed by atoms with Gasteiger partial charge in [-0.2, -0.15) is 0 Å². The molecule has 1 N–H and O–H groups in total. The van der Waals surface area contributed by atoms with Crippen molar-refractivity contribution in [2.24, 2.45) is 0 Å². The molecular weight excluding hydrogens is 362 g/mol. The van der Waals surface area contributed by atoms with Crippen LogP contribution < -0.4 is 5.32 Å². The summed E-state index contributed by atoms with van der Waals surface area (Å²) in [5.74, 6) is -2.34. The van der Waals surface area contributed by atoms with Crippen molar-refractivity contribution in [3.8, 4) is 0 Å². The summed E-state index contributed by atoms with van der Waals surface area (Å²) in [6, 6.07) is -0.968. The van der Waals surface area contributed by atoms with E-state index in [1.807, 2.05) is 0 Å². The zero-order valence-corrected chi connectivity index (χ0v) is 15.8. The molecule has 0 aromatic heterocycles. The van der Waals surface area contributed by atoms with Gasteiger partial charge in [-0.15, -0.1) is 6.58 Å². The Bertz CT molecular complexity index is 577. The van der Waals surface area contributed by atoms with Crippen LogP contribution in [0.3, 0.4) is 0 Å². The predicted molar refractivity (Wildman–Crippen MR) is 90.2 cm³/mol. The van der Waals surface area contributed by atoms with Gasteiger partial charge in [-0.3, -0.25) is 19.2 Å². The van der Waals surface area contributed by atoms with E-state index < -0.39 is 54.5 Å². The third-order valence-corrected chi connectivity index (χ3v) is 3.45. The Morgan fingerprint density at radius 2 is 1.59 bits per heavy atom. The number of nitrogens with one attached hydrogen (secondary N) is 1. The molecule has 0 aromatic carbocycles. The smallest absolute Gasteiger partial charge is 0.303 e. The molecule has 1 amide bonds. The van der Waals surface area contributed by atoms with Gasteiger partial charge < -0.3 is 29.0 Å². The van der Waals surface area contributed by atoms with E-state index in [9.17, 15) is 19.2 Å². The highest BCUT2D eigenvalue weighted by atomic mass is 16.7. The molecule has 1 fully saturated rings. The van der Waals surface area contributed by atoms with Crippen molar-refractivity contribution in [2.45, 2.75) is 58.3 Å². The van der Waals surface area contributed by atoms with Crippen LogP contribution in [0.4, 0.5) is 0 Å². The first-order valence-corrected chi connectivity index (χ1v) is 8.28. The number of hydrogen-bond acceptors (Lipinski definition) is 9. The molecule has 1 heterocycles. The van der Waals surface area contributed by atoms with E-state index in [1.54, 1.807) is 0 Å². The average Bonchev–Trinajstić information content (AvgIpc) is 2.54. The van der Waals surface area contributed by atoms with Crippen LogP contribution in [-0.4, -0.2) is 67.7 Å². The van der Waals surface area contributed by atoms with Crippen molar-refractivity contribution in [1.82, 2.24) is 5.32 Å². The fourth-order valence-electron chi connectivity index (χ4n) is 2.60. The molecule has 27 heavy (non-hydrogen) atoms. The Kier molecular flexibility index (Phi) is 8.89. The maximum absolute atomic E-state index is 11.6. The van der Waals surface area contributed by atoms with Crippen molar-refractivity contribution >= 4 is 23.8 Å². The molecule has 1 aliphatic rings. The summed E-state index contributed by atoms with van der Waals surface area (Å²) in [6.45, 7) is 8.16. The quantitative estimate of drug-likeness (QED) is 0.343. The lowest BCUT2D eigenvalue weighted by Gasteiger charge is -2.44. The number of rotatable bonds is 8. The largest absolute Gasteiger partial charge is 0.463 e. The molecule has 0 saturated carbocycles. The summed E-state index contributed by atoms with van der Waals surface area (Å²) >= 11 is 0. The Morgan fingerprint density at radius 3 is 2.07 bits per heavy atom. The molecular formula is C17H25NO9. The molecule has 1 rings (SSSR count). The second-order valence-corrected chi connectivity index (χ2v) is 5.84. The highest BCUT2D eigenvalue weighted by Gasteiger charge is 2.51. The second kappa shape index (κ2) is 10.6. The van der Waals surface area contributed by atoms with E-state index >= 15 is 0 Å². The van der Waals surface area contributed by atoms with Crippen molar-refractivity contribution in [1.29, 1.82) is 0 Å². The van der Waals surface area contributed by atoms with Crippen LogP contribution in [0.5, 0.6) is 0 Å². The molecule has 0 aliphatic carbocycles. The zero-order chi connectivity index (χ0) is 20.6. The Balaban J connectivity index is 3.24. The van der Waals surface area contributed by atoms with Gasteiger partial charge in [0.1, 0.15) is 18.8 Å². The SMILES string of the molecule is C=CCO[C@@H]1OC(COC(C)=O)[C@@H](OC(C)=O)C(OC(C)=O)[C@@H]1NC(C)=O. The van der Waals surface area contributed by atoms with Gasteiger partial charge in [0.25, 0.3) is 0 Å². The molecule has 0 bridgehead atoms. The van der Waals surface area contributed by atoms with Crippen molar-refractivity contribution in [3.63, 3.8) is 0 Å². The van der Waals surface area contributed by atoms with Crippen molar-refractivity contribution in [2.75, 3.05) is 13.2 Å². The zero-order valence-electron chi connectivity index (χ0n) is 15.8. The molecule has 0 radical (unpaired) electrons. The van der Waals surface area contributed by atoms with Crippen molar-refractivity contribution < 1.29 is 42.9 Å². The molecule has 10 nitrogen and oxygen atoms in total. The Morgan fingerprint density at radius 1 is 1.00 bits per heavy atom.